The molecule has 1 unspecified atom stereocenters. The van der Waals surface area contributed by atoms with Gasteiger partial charge in [0.1, 0.15) is 5.76 Å². The van der Waals surface area contributed by atoms with Crippen LogP contribution in [0.5, 0.6) is 0 Å². The molecule has 0 fully saturated rings. The maximum atomic E-state index is 5.30. The van der Waals surface area contributed by atoms with E-state index in [-0.39, 0.29) is 0 Å². The minimum absolute atomic E-state index is 0.447. The van der Waals surface area contributed by atoms with Crippen molar-refractivity contribution in [1.82, 2.24) is 15.5 Å². The van der Waals surface area contributed by atoms with Gasteiger partial charge in [0, 0.05) is 32.4 Å². The van der Waals surface area contributed by atoms with Gasteiger partial charge in [-0.1, -0.05) is 5.16 Å². The van der Waals surface area contributed by atoms with Crippen molar-refractivity contribution in [3.8, 4) is 0 Å². The van der Waals surface area contributed by atoms with Crippen LogP contribution in [0.3, 0.4) is 0 Å². The molecular formula is C13H19N3O2. The summed E-state index contributed by atoms with van der Waals surface area (Å²) in [6, 6.07) is 4.38. The Kier molecular flexibility index (Phi) is 4.52. The third-order valence-corrected chi connectivity index (χ3v) is 2.81. The molecule has 0 bridgehead atoms. The fraction of sp³-hybridized carbons (Fsp3) is 0.538. The van der Waals surface area contributed by atoms with Crippen molar-refractivity contribution in [3.63, 3.8) is 0 Å². The number of aromatic nitrogens is 2. The zero-order valence-corrected chi connectivity index (χ0v) is 10.8. The van der Waals surface area contributed by atoms with Crippen molar-refractivity contribution >= 4 is 0 Å². The highest BCUT2D eigenvalue weighted by Crippen LogP contribution is 2.05. The lowest BCUT2D eigenvalue weighted by Gasteiger charge is -2.11. The van der Waals surface area contributed by atoms with Crippen molar-refractivity contribution < 1.29 is 8.94 Å². The molecule has 2 aromatic rings. The summed E-state index contributed by atoms with van der Waals surface area (Å²) >= 11 is 0. The Labute approximate surface area is 107 Å². The first kappa shape index (κ1) is 12.8. The Morgan fingerprint density at radius 3 is 2.94 bits per heavy atom. The molecule has 0 saturated carbocycles. The van der Waals surface area contributed by atoms with Crippen molar-refractivity contribution in [3.05, 3.63) is 35.9 Å². The number of furan rings is 1. The normalized spacial score (nSPS) is 12.8. The van der Waals surface area contributed by atoms with Crippen molar-refractivity contribution in [2.24, 2.45) is 0 Å². The molecule has 0 saturated heterocycles. The topological polar surface area (TPSA) is 64.1 Å². The molecule has 0 radical (unpaired) electrons. The van der Waals surface area contributed by atoms with E-state index in [1.807, 2.05) is 12.1 Å². The molecule has 1 N–H and O–H groups in total. The second-order valence-corrected chi connectivity index (χ2v) is 4.45. The van der Waals surface area contributed by atoms with E-state index in [9.17, 15) is 0 Å². The van der Waals surface area contributed by atoms with Crippen LogP contribution in [0, 0.1) is 6.92 Å². The van der Waals surface area contributed by atoms with Crippen molar-refractivity contribution in [2.75, 3.05) is 6.54 Å². The highest BCUT2D eigenvalue weighted by atomic mass is 16.5. The first-order valence-electron chi connectivity index (χ1n) is 6.29. The number of nitrogens with one attached hydrogen (secondary N) is 1. The Hall–Kier alpha value is -1.62. The summed E-state index contributed by atoms with van der Waals surface area (Å²) < 4.78 is 10.2. The molecule has 0 amide bonds. The predicted octanol–water partition coefficient (Wildman–Crippen LogP) is 2.12. The summed E-state index contributed by atoms with van der Waals surface area (Å²) in [5, 5.41) is 7.30. The molecule has 18 heavy (non-hydrogen) atoms. The zero-order chi connectivity index (χ0) is 12.8. The minimum Gasteiger partial charge on any atom is -0.469 e. The van der Waals surface area contributed by atoms with Gasteiger partial charge < -0.3 is 14.3 Å². The van der Waals surface area contributed by atoms with Gasteiger partial charge in [-0.2, -0.15) is 4.98 Å². The molecule has 2 aromatic heterocycles. The summed E-state index contributed by atoms with van der Waals surface area (Å²) in [5.41, 5.74) is 0. The summed E-state index contributed by atoms with van der Waals surface area (Å²) in [6.07, 6.45) is 4.52. The molecule has 5 nitrogen and oxygen atoms in total. The standard InChI is InChI=1S/C13H19N3O2/c1-10(5-6-12-4-3-9-17-12)14-8-7-13-15-11(2)18-16-13/h3-4,9-10,14H,5-8H2,1-2H3. The van der Waals surface area contributed by atoms with Gasteiger partial charge >= 0.3 is 0 Å². The fourth-order valence-electron chi connectivity index (χ4n) is 1.79. The lowest BCUT2D eigenvalue weighted by molar-refractivity contribution is 0.386. The molecule has 2 rings (SSSR count). The predicted molar refractivity (Wildman–Crippen MR) is 67.2 cm³/mol. The number of nitrogens with zero attached hydrogens (tertiary/aromatic N) is 2. The Morgan fingerprint density at radius 1 is 1.39 bits per heavy atom. The van der Waals surface area contributed by atoms with Crippen molar-refractivity contribution in [2.45, 2.75) is 39.2 Å². The summed E-state index contributed by atoms with van der Waals surface area (Å²) in [5.74, 6) is 2.42. The van der Waals surface area contributed by atoms with E-state index in [4.69, 9.17) is 8.94 Å². The Morgan fingerprint density at radius 2 is 2.28 bits per heavy atom. The average molecular weight is 249 g/mol. The third-order valence-electron chi connectivity index (χ3n) is 2.81. The van der Waals surface area contributed by atoms with Crippen LogP contribution in [0.4, 0.5) is 0 Å². The van der Waals surface area contributed by atoms with Crippen LogP contribution in [0.1, 0.15) is 30.8 Å². The van der Waals surface area contributed by atoms with Crippen LogP contribution >= 0.6 is 0 Å². The molecule has 1 atom stereocenters. The SMILES string of the molecule is Cc1nc(CCNC(C)CCc2ccco2)no1. The quantitative estimate of drug-likeness (QED) is 0.814. The molecule has 0 aliphatic heterocycles. The highest BCUT2D eigenvalue weighted by Gasteiger charge is 2.05. The number of hydrogen-bond acceptors (Lipinski definition) is 5. The molecule has 0 aliphatic carbocycles. The van der Waals surface area contributed by atoms with E-state index in [0.717, 1.165) is 37.4 Å². The average Bonchev–Trinajstić information content (AvgIpc) is 2.98. The first-order chi connectivity index (χ1) is 8.74. The number of rotatable bonds is 7. The van der Waals surface area contributed by atoms with Gasteiger partial charge in [0.05, 0.1) is 6.26 Å². The van der Waals surface area contributed by atoms with Gasteiger partial charge in [-0.05, 0) is 25.5 Å². The maximum Gasteiger partial charge on any atom is 0.223 e. The summed E-state index contributed by atoms with van der Waals surface area (Å²) in [6.45, 7) is 4.83. The van der Waals surface area contributed by atoms with Crippen LogP contribution in [0.2, 0.25) is 0 Å². The monoisotopic (exact) mass is 249 g/mol. The molecule has 0 aromatic carbocycles. The van der Waals surface area contributed by atoms with Crippen LogP contribution < -0.4 is 5.32 Å². The lowest BCUT2D eigenvalue weighted by atomic mass is 10.1. The van der Waals surface area contributed by atoms with Gasteiger partial charge in [-0.25, -0.2) is 0 Å². The molecular weight excluding hydrogens is 230 g/mol. The second-order valence-electron chi connectivity index (χ2n) is 4.45. The Bertz CT molecular complexity index is 451. The smallest absolute Gasteiger partial charge is 0.223 e. The summed E-state index contributed by atoms with van der Waals surface area (Å²) in [4.78, 5) is 4.16. The van der Waals surface area contributed by atoms with E-state index in [0.29, 0.717) is 11.9 Å². The second kappa shape index (κ2) is 6.35. The lowest BCUT2D eigenvalue weighted by Crippen LogP contribution is -2.28. The fourth-order valence-corrected chi connectivity index (χ4v) is 1.79. The number of hydrogen-bond donors (Lipinski definition) is 1. The molecule has 0 spiro atoms. The van der Waals surface area contributed by atoms with Crippen LogP contribution in [0.15, 0.2) is 27.3 Å². The van der Waals surface area contributed by atoms with Gasteiger partial charge in [0.2, 0.25) is 5.89 Å². The molecule has 5 heteroatoms. The largest absolute Gasteiger partial charge is 0.469 e. The van der Waals surface area contributed by atoms with E-state index >= 15 is 0 Å². The van der Waals surface area contributed by atoms with Crippen molar-refractivity contribution in [1.29, 1.82) is 0 Å². The first-order valence-corrected chi connectivity index (χ1v) is 6.29. The molecule has 0 aliphatic rings. The van der Waals surface area contributed by atoms with Gasteiger partial charge in [0.25, 0.3) is 0 Å². The highest BCUT2D eigenvalue weighted by molar-refractivity contribution is 4.98. The van der Waals surface area contributed by atoms with Gasteiger partial charge in [-0.3, -0.25) is 0 Å². The van der Waals surface area contributed by atoms with E-state index in [2.05, 4.69) is 22.4 Å². The van der Waals surface area contributed by atoms with Crippen LogP contribution in [0.25, 0.3) is 0 Å². The zero-order valence-electron chi connectivity index (χ0n) is 10.8. The van der Waals surface area contributed by atoms with Crippen LogP contribution in [-0.2, 0) is 12.8 Å². The molecule has 98 valence electrons. The van der Waals surface area contributed by atoms with E-state index < -0.39 is 0 Å². The van der Waals surface area contributed by atoms with E-state index in [1.54, 1.807) is 13.2 Å². The summed E-state index contributed by atoms with van der Waals surface area (Å²) in [7, 11) is 0. The molecule has 2 heterocycles. The maximum absolute atomic E-state index is 5.30. The van der Waals surface area contributed by atoms with Gasteiger partial charge in [-0.15, -0.1) is 0 Å². The number of aryl methyl sites for hydroxylation is 2. The van der Waals surface area contributed by atoms with Crippen LogP contribution in [-0.4, -0.2) is 22.7 Å². The van der Waals surface area contributed by atoms with E-state index in [1.165, 1.54) is 0 Å². The third kappa shape index (κ3) is 4.00. The van der Waals surface area contributed by atoms with Gasteiger partial charge in [0.15, 0.2) is 5.82 Å². The minimum atomic E-state index is 0.447. The Balaban J connectivity index is 1.61.